The fourth-order valence-electron chi connectivity index (χ4n) is 4.40. The number of nitrogens with zero attached hydrogens (tertiary/aromatic N) is 2. The van der Waals surface area contributed by atoms with Crippen molar-refractivity contribution in [2.45, 2.75) is 18.7 Å². The van der Waals surface area contributed by atoms with Gasteiger partial charge in [-0.2, -0.15) is 4.31 Å². The number of methoxy groups -OCH3 is 1. The molecule has 4 rings (SSSR count). The highest BCUT2D eigenvalue weighted by Crippen LogP contribution is 2.29. The normalized spacial score (nSPS) is 15.9. The second-order valence-electron chi connectivity index (χ2n) is 8.68. The molecule has 3 aromatic rings. The van der Waals surface area contributed by atoms with E-state index < -0.39 is 16.1 Å². The maximum absolute atomic E-state index is 13.6. The topological polar surface area (TPSA) is 79.0 Å². The number of nitrogens with one attached hydrogen (secondary N) is 1. The molecule has 1 atom stereocenters. The lowest BCUT2D eigenvalue weighted by molar-refractivity contribution is -0.122. The molecule has 1 saturated heterocycles. The third-order valence-corrected chi connectivity index (χ3v) is 8.05. The lowest BCUT2D eigenvalue weighted by atomic mass is 10.0. The summed E-state index contributed by atoms with van der Waals surface area (Å²) < 4.78 is 32.9. The van der Waals surface area contributed by atoms with Crippen molar-refractivity contribution in [2.24, 2.45) is 0 Å². The standard InChI is InChI=1S/C27H31N3O4S/c1-21-13-14-25(34-2)24(19-21)28-27(31)26(23-11-7-4-8-12-23)29-15-17-30(18-16-29)35(32,33)20-22-9-5-3-6-10-22/h3-14,19,26H,15-18,20H2,1-2H3,(H,28,31). The van der Waals surface area contributed by atoms with Gasteiger partial charge in [0.05, 0.1) is 18.6 Å². The van der Waals surface area contributed by atoms with Crippen LogP contribution in [0.3, 0.4) is 0 Å². The van der Waals surface area contributed by atoms with E-state index in [2.05, 4.69) is 5.32 Å². The second-order valence-corrected chi connectivity index (χ2v) is 10.7. The van der Waals surface area contributed by atoms with Gasteiger partial charge in [-0.3, -0.25) is 9.69 Å². The minimum absolute atomic E-state index is 0.0242. The van der Waals surface area contributed by atoms with Gasteiger partial charge in [0, 0.05) is 26.2 Å². The molecule has 0 spiro atoms. The molecular formula is C27H31N3O4S. The molecule has 7 nitrogen and oxygen atoms in total. The van der Waals surface area contributed by atoms with Crippen LogP contribution in [-0.2, 0) is 20.6 Å². The molecule has 0 bridgehead atoms. The number of piperazine rings is 1. The first-order chi connectivity index (χ1) is 16.9. The fourth-order valence-corrected chi connectivity index (χ4v) is 5.92. The molecule has 1 fully saturated rings. The van der Waals surface area contributed by atoms with Crippen molar-refractivity contribution >= 4 is 21.6 Å². The molecule has 1 N–H and O–H groups in total. The van der Waals surface area contributed by atoms with E-state index in [1.54, 1.807) is 7.11 Å². The molecule has 35 heavy (non-hydrogen) atoms. The largest absolute Gasteiger partial charge is 0.495 e. The molecular weight excluding hydrogens is 462 g/mol. The first-order valence-corrected chi connectivity index (χ1v) is 13.2. The average molecular weight is 494 g/mol. The van der Waals surface area contributed by atoms with Gasteiger partial charge < -0.3 is 10.1 Å². The predicted molar refractivity (Wildman–Crippen MR) is 138 cm³/mol. The number of sulfonamides is 1. The Morgan fingerprint density at radius 3 is 2.20 bits per heavy atom. The zero-order valence-corrected chi connectivity index (χ0v) is 20.9. The van der Waals surface area contributed by atoms with Crippen LogP contribution in [0.4, 0.5) is 5.69 Å². The first kappa shape index (κ1) is 24.9. The molecule has 8 heteroatoms. The van der Waals surface area contributed by atoms with E-state index in [0.29, 0.717) is 37.6 Å². The lowest BCUT2D eigenvalue weighted by Gasteiger charge is -2.38. The number of hydrogen-bond donors (Lipinski definition) is 1. The SMILES string of the molecule is COc1ccc(C)cc1NC(=O)C(c1ccccc1)N1CCN(S(=O)(=O)Cc2ccccc2)CC1. The fraction of sp³-hybridized carbons (Fsp3) is 0.296. The van der Waals surface area contributed by atoms with E-state index in [0.717, 1.165) is 16.7 Å². The number of amides is 1. The Morgan fingerprint density at radius 1 is 0.943 bits per heavy atom. The van der Waals surface area contributed by atoms with Crippen molar-refractivity contribution in [2.75, 3.05) is 38.6 Å². The molecule has 184 valence electrons. The number of aryl methyl sites for hydroxylation is 1. The Morgan fingerprint density at radius 2 is 1.57 bits per heavy atom. The molecule has 1 amide bonds. The van der Waals surface area contributed by atoms with Crippen LogP contribution in [0.25, 0.3) is 0 Å². The van der Waals surface area contributed by atoms with Gasteiger partial charge in [0.2, 0.25) is 15.9 Å². The zero-order valence-electron chi connectivity index (χ0n) is 20.1. The van der Waals surface area contributed by atoms with E-state index in [1.165, 1.54) is 4.31 Å². The van der Waals surface area contributed by atoms with Crippen LogP contribution in [0.5, 0.6) is 5.75 Å². The van der Waals surface area contributed by atoms with Crippen LogP contribution in [0.2, 0.25) is 0 Å². The maximum atomic E-state index is 13.6. The molecule has 1 heterocycles. The van der Waals surface area contributed by atoms with Gasteiger partial charge >= 0.3 is 0 Å². The van der Waals surface area contributed by atoms with Crippen molar-refractivity contribution in [1.29, 1.82) is 0 Å². The van der Waals surface area contributed by atoms with E-state index >= 15 is 0 Å². The Kier molecular flexibility index (Phi) is 7.85. The summed E-state index contributed by atoms with van der Waals surface area (Å²) in [5.74, 6) is 0.386. The minimum Gasteiger partial charge on any atom is -0.495 e. The van der Waals surface area contributed by atoms with Gasteiger partial charge in [-0.25, -0.2) is 8.42 Å². The Balaban J connectivity index is 1.51. The Bertz CT molecular complexity index is 1240. The molecule has 3 aromatic carbocycles. The van der Waals surface area contributed by atoms with Gasteiger partial charge in [-0.1, -0.05) is 66.7 Å². The highest BCUT2D eigenvalue weighted by molar-refractivity contribution is 7.88. The van der Waals surface area contributed by atoms with Gasteiger partial charge in [0.1, 0.15) is 11.8 Å². The Labute approximate surface area is 207 Å². The summed E-state index contributed by atoms with van der Waals surface area (Å²) in [5.41, 5.74) is 3.25. The Hall–Kier alpha value is -3.20. The summed E-state index contributed by atoms with van der Waals surface area (Å²) >= 11 is 0. The number of ether oxygens (including phenoxy) is 1. The van der Waals surface area contributed by atoms with Crippen LogP contribution in [-0.4, -0.2) is 56.8 Å². The molecule has 0 saturated carbocycles. The molecule has 1 unspecified atom stereocenters. The van der Waals surface area contributed by atoms with Crippen molar-refractivity contribution < 1.29 is 17.9 Å². The predicted octanol–water partition coefficient (Wildman–Crippen LogP) is 3.83. The van der Waals surface area contributed by atoms with E-state index in [-0.39, 0.29) is 11.7 Å². The summed E-state index contributed by atoms with van der Waals surface area (Å²) in [4.78, 5) is 15.6. The number of carbonyl (C=O) groups excluding carboxylic acids is 1. The van der Waals surface area contributed by atoms with Crippen LogP contribution >= 0.6 is 0 Å². The summed E-state index contributed by atoms with van der Waals surface area (Å²) in [6.07, 6.45) is 0. The van der Waals surface area contributed by atoms with Crippen LogP contribution in [0.15, 0.2) is 78.9 Å². The summed E-state index contributed by atoms with van der Waals surface area (Å²) in [6.45, 7) is 3.52. The molecule has 1 aliphatic heterocycles. The van der Waals surface area contributed by atoms with Crippen LogP contribution in [0, 0.1) is 6.92 Å². The molecule has 0 aliphatic carbocycles. The number of rotatable bonds is 8. The number of anilines is 1. The van der Waals surface area contributed by atoms with Crippen molar-refractivity contribution in [3.63, 3.8) is 0 Å². The molecule has 0 radical (unpaired) electrons. The lowest BCUT2D eigenvalue weighted by Crippen LogP contribution is -2.51. The quantitative estimate of drug-likeness (QED) is 0.516. The van der Waals surface area contributed by atoms with Crippen molar-refractivity contribution in [3.05, 3.63) is 95.6 Å². The van der Waals surface area contributed by atoms with Crippen LogP contribution < -0.4 is 10.1 Å². The van der Waals surface area contributed by atoms with Gasteiger partial charge in [-0.15, -0.1) is 0 Å². The second kappa shape index (κ2) is 11.0. The van der Waals surface area contributed by atoms with Gasteiger partial charge in [0.15, 0.2) is 0 Å². The number of hydrogen-bond acceptors (Lipinski definition) is 5. The third-order valence-electron chi connectivity index (χ3n) is 6.20. The monoisotopic (exact) mass is 493 g/mol. The minimum atomic E-state index is -3.44. The maximum Gasteiger partial charge on any atom is 0.246 e. The number of benzene rings is 3. The van der Waals surface area contributed by atoms with Crippen LogP contribution in [0.1, 0.15) is 22.7 Å². The highest BCUT2D eigenvalue weighted by Gasteiger charge is 2.34. The zero-order chi connectivity index (χ0) is 24.8. The summed E-state index contributed by atoms with van der Waals surface area (Å²) in [7, 11) is -1.87. The van der Waals surface area contributed by atoms with E-state index in [9.17, 15) is 13.2 Å². The van der Waals surface area contributed by atoms with Gasteiger partial charge in [0.25, 0.3) is 0 Å². The van der Waals surface area contributed by atoms with Gasteiger partial charge in [-0.05, 0) is 35.7 Å². The molecule has 0 aromatic heterocycles. The highest BCUT2D eigenvalue weighted by atomic mass is 32.2. The average Bonchev–Trinajstić information content (AvgIpc) is 2.86. The van der Waals surface area contributed by atoms with E-state index in [1.807, 2.05) is 90.7 Å². The number of carbonyl (C=O) groups is 1. The van der Waals surface area contributed by atoms with Crippen molar-refractivity contribution in [1.82, 2.24) is 9.21 Å². The summed E-state index contributed by atoms with van der Waals surface area (Å²) in [6, 6.07) is 23.9. The molecule has 1 aliphatic rings. The third kappa shape index (κ3) is 6.08. The van der Waals surface area contributed by atoms with E-state index in [4.69, 9.17) is 4.74 Å². The summed E-state index contributed by atoms with van der Waals surface area (Å²) in [5, 5.41) is 3.03. The van der Waals surface area contributed by atoms with Crippen molar-refractivity contribution in [3.8, 4) is 5.75 Å². The first-order valence-electron chi connectivity index (χ1n) is 11.6. The smallest absolute Gasteiger partial charge is 0.246 e.